The third kappa shape index (κ3) is 3.17. The molecule has 2 heterocycles. The van der Waals surface area contributed by atoms with E-state index >= 15 is 0 Å². The van der Waals surface area contributed by atoms with Gasteiger partial charge in [-0.1, -0.05) is 31.0 Å². The summed E-state index contributed by atoms with van der Waals surface area (Å²) in [5.74, 6) is 1.10. The number of hydrogen-bond acceptors (Lipinski definition) is 5. The molecule has 1 aromatic heterocycles. The van der Waals surface area contributed by atoms with Crippen LogP contribution in [0, 0.1) is 0 Å². The van der Waals surface area contributed by atoms with Gasteiger partial charge in [0.15, 0.2) is 5.16 Å². The Bertz CT molecular complexity index is 525. The molecule has 0 bridgehead atoms. The third-order valence-corrected chi connectivity index (χ3v) is 5.25. The van der Waals surface area contributed by atoms with E-state index in [1.54, 1.807) is 0 Å². The number of hydrogen-bond donors (Lipinski definition) is 2. The lowest BCUT2D eigenvalue weighted by molar-refractivity contribution is -0.0555. The van der Waals surface area contributed by atoms with Gasteiger partial charge in [0.1, 0.15) is 5.82 Å². The maximum absolute atomic E-state index is 11.3. The van der Waals surface area contributed by atoms with Gasteiger partial charge in [-0.25, -0.2) is 4.98 Å². The van der Waals surface area contributed by atoms with Gasteiger partial charge in [-0.2, -0.15) is 0 Å². The summed E-state index contributed by atoms with van der Waals surface area (Å²) >= 11 is 1.52. The lowest BCUT2D eigenvalue weighted by atomic mass is 9.83. The molecule has 2 aliphatic rings. The van der Waals surface area contributed by atoms with E-state index in [9.17, 15) is 4.79 Å². The van der Waals surface area contributed by atoms with Crippen molar-refractivity contribution < 1.29 is 4.74 Å². The molecule has 3 N–H and O–H groups in total. The molecule has 1 saturated heterocycles. The number of ether oxygens (including phenoxy) is 1. The fourth-order valence-electron chi connectivity index (χ4n) is 3.27. The monoisotopic (exact) mass is 295 g/mol. The average molecular weight is 295 g/mol. The van der Waals surface area contributed by atoms with Gasteiger partial charge in [0.05, 0.1) is 11.7 Å². The fraction of sp³-hybridized carbons (Fsp3) is 0.714. The summed E-state index contributed by atoms with van der Waals surface area (Å²) in [6.07, 6.45) is 8.92. The highest BCUT2D eigenvalue weighted by Gasteiger charge is 2.40. The summed E-state index contributed by atoms with van der Waals surface area (Å²) in [6, 6.07) is 1.30. The number of H-pyrrole nitrogens is 1. The van der Waals surface area contributed by atoms with E-state index in [0.29, 0.717) is 5.16 Å². The van der Waals surface area contributed by atoms with E-state index < -0.39 is 0 Å². The first kappa shape index (κ1) is 13.9. The Morgan fingerprint density at radius 3 is 2.95 bits per heavy atom. The van der Waals surface area contributed by atoms with Crippen molar-refractivity contribution in [3.05, 3.63) is 16.4 Å². The van der Waals surface area contributed by atoms with Gasteiger partial charge in [-0.3, -0.25) is 4.79 Å². The fourth-order valence-corrected chi connectivity index (χ4v) is 4.19. The SMILES string of the molecule is Nc1cc(=O)[nH]c(SCC2CCC3(CCCCC3)O2)n1. The Balaban J connectivity index is 1.55. The van der Waals surface area contributed by atoms with Crippen molar-refractivity contribution in [2.75, 3.05) is 11.5 Å². The summed E-state index contributed by atoms with van der Waals surface area (Å²) in [5, 5.41) is 0.586. The van der Waals surface area contributed by atoms with Crippen molar-refractivity contribution >= 4 is 17.6 Å². The molecule has 0 amide bonds. The van der Waals surface area contributed by atoms with E-state index in [1.807, 2.05) is 0 Å². The minimum Gasteiger partial charge on any atom is -0.383 e. The third-order valence-electron chi connectivity index (χ3n) is 4.25. The van der Waals surface area contributed by atoms with E-state index in [-0.39, 0.29) is 23.1 Å². The van der Waals surface area contributed by atoms with Crippen LogP contribution < -0.4 is 11.3 Å². The zero-order valence-electron chi connectivity index (χ0n) is 11.6. The summed E-state index contributed by atoms with van der Waals surface area (Å²) in [5.41, 5.74) is 5.53. The van der Waals surface area contributed by atoms with Gasteiger partial charge < -0.3 is 15.5 Å². The molecular weight excluding hydrogens is 274 g/mol. The second-order valence-corrected chi connectivity index (χ2v) is 6.82. The quantitative estimate of drug-likeness (QED) is 0.660. The number of nitrogen functional groups attached to an aromatic ring is 1. The van der Waals surface area contributed by atoms with Gasteiger partial charge in [-0.05, 0) is 25.7 Å². The lowest BCUT2D eigenvalue weighted by Crippen LogP contribution is -2.32. The second-order valence-electron chi connectivity index (χ2n) is 5.81. The molecule has 1 aliphatic heterocycles. The largest absolute Gasteiger partial charge is 0.383 e. The van der Waals surface area contributed by atoms with Crippen LogP contribution in [0.5, 0.6) is 0 Å². The van der Waals surface area contributed by atoms with Crippen molar-refractivity contribution in [2.45, 2.75) is 61.8 Å². The first-order valence-corrected chi connectivity index (χ1v) is 8.31. The van der Waals surface area contributed by atoms with E-state index in [0.717, 1.165) is 12.2 Å². The van der Waals surface area contributed by atoms with Crippen LogP contribution in [0.1, 0.15) is 44.9 Å². The van der Waals surface area contributed by atoms with Crippen LogP contribution in [0.3, 0.4) is 0 Å². The van der Waals surface area contributed by atoms with Crippen LogP contribution in [0.15, 0.2) is 16.0 Å². The minimum absolute atomic E-state index is 0.153. The van der Waals surface area contributed by atoms with Crippen LogP contribution >= 0.6 is 11.8 Å². The first-order chi connectivity index (χ1) is 9.65. The average Bonchev–Trinajstić information content (AvgIpc) is 2.79. The van der Waals surface area contributed by atoms with Crippen LogP contribution in [0.4, 0.5) is 5.82 Å². The number of rotatable bonds is 3. The van der Waals surface area contributed by atoms with Crippen LogP contribution in [-0.4, -0.2) is 27.4 Å². The van der Waals surface area contributed by atoms with Gasteiger partial charge in [0.25, 0.3) is 5.56 Å². The van der Waals surface area contributed by atoms with Crippen LogP contribution in [-0.2, 0) is 4.74 Å². The van der Waals surface area contributed by atoms with Crippen LogP contribution in [0.2, 0.25) is 0 Å². The standard InChI is InChI=1S/C14H21N3O2S/c15-11-8-12(18)17-13(16-11)20-9-10-4-7-14(19-10)5-2-1-3-6-14/h8,10H,1-7,9H2,(H3,15,16,17,18). The maximum Gasteiger partial charge on any atom is 0.253 e. The highest BCUT2D eigenvalue weighted by molar-refractivity contribution is 7.99. The molecule has 1 saturated carbocycles. The lowest BCUT2D eigenvalue weighted by Gasteiger charge is -2.33. The predicted octanol–water partition coefficient (Wildman–Crippen LogP) is 2.33. The van der Waals surface area contributed by atoms with Gasteiger partial charge >= 0.3 is 0 Å². The van der Waals surface area contributed by atoms with E-state index in [1.165, 1.54) is 56.4 Å². The Morgan fingerprint density at radius 1 is 1.40 bits per heavy atom. The molecule has 1 aliphatic carbocycles. The molecule has 6 heteroatoms. The summed E-state index contributed by atoms with van der Waals surface area (Å²) in [4.78, 5) is 18.2. The summed E-state index contributed by atoms with van der Waals surface area (Å²) < 4.78 is 6.30. The van der Waals surface area contributed by atoms with Crippen LogP contribution in [0.25, 0.3) is 0 Å². The Labute approximate surface area is 122 Å². The molecule has 1 spiro atoms. The Kier molecular flexibility index (Phi) is 4.03. The molecule has 110 valence electrons. The maximum atomic E-state index is 11.3. The van der Waals surface area contributed by atoms with Gasteiger partial charge in [-0.15, -0.1) is 0 Å². The highest BCUT2D eigenvalue weighted by atomic mass is 32.2. The number of aromatic nitrogens is 2. The Morgan fingerprint density at radius 2 is 2.20 bits per heavy atom. The zero-order valence-corrected chi connectivity index (χ0v) is 12.4. The molecule has 1 aromatic rings. The molecule has 1 unspecified atom stereocenters. The number of thioether (sulfide) groups is 1. The molecule has 2 fully saturated rings. The topological polar surface area (TPSA) is 81.0 Å². The number of nitrogens with two attached hydrogens (primary N) is 1. The van der Waals surface area contributed by atoms with Crippen molar-refractivity contribution in [2.24, 2.45) is 0 Å². The number of nitrogens with zero attached hydrogens (tertiary/aromatic N) is 1. The number of anilines is 1. The van der Waals surface area contributed by atoms with Crippen molar-refractivity contribution in [3.8, 4) is 0 Å². The minimum atomic E-state index is -0.198. The smallest absolute Gasteiger partial charge is 0.253 e. The van der Waals surface area contributed by atoms with Crippen molar-refractivity contribution in [3.63, 3.8) is 0 Å². The highest BCUT2D eigenvalue weighted by Crippen LogP contribution is 2.42. The number of nitrogens with one attached hydrogen (secondary N) is 1. The van der Waals surface area contributed by atoms with Crippen molar-refractivity contribution in [1.29, 1.82) is 0 Å². The summed E-state index contributed by atoms with van der Waals surface area (Å²) in [6.45, 7) is 0. The van der Waals surface area contributed by atoms with Gasteiger partial charge in [0.2, 0.25) is 0 Å². The second kappa shape index (κ2) is 5.77. The molecule has 1 atom stereocenters. The normalized spacial score (nSPS) is 25.1. The molecule has 0 aromatic carbocycles. The van der Waals surface area contributed by atoms with E-state index in [2.05, 4.69) is 9.97 Å². The molecular formula is C14H21N3O2S. The first-order valence-electron chi connectivity index (χ1n) is 7.33. The van der Waals surface area contributed by atoms with Crippen molar-refractivity contribution in [1.82, 2.24) is 9.97 Å². The molecule has 5 nitrogen and oxygen atoms in total. The summed E-state index contributed by atoms with van der Waals surface area (Å²) in [7, 11) is 0. The predicted molar refractivity (Wildman–Crippen MR) is 79.9 cm³/mol. The molecule has 0 radical (unpaired) electrons. The molecule has 20 heavy (non-hydrogen) atoms. The van der Waals surface area contributed by atoms with Gasteiger partial charge in [0, 0.05) is 11.8 Å². The molecule has 3 rings (SSSR count). The zero-order chi connectivity index (χ0) is 14.0. The van der Waals surface area contributed by atoms with E-state index in [4.69, 9.17) is 10.5 Å². The number of aromatic amines is 1. The Hall–Kier alpha value is -1.01.